The Morgan fingerprint density at radius 2 is 2.20 bits per heavy atom. The van der Waals surface area contributed by atoms with Crippen molar-refractivity contribution in [3.05, 3.63) is 34.1 Å². The monoisotopic (exact) mass is 339 g/mol. The van der Waals surface area contributed by atoms with Gasteiger partial charge in [-0.15, -0.1) is 0 Å². The number of aromatic nitrogens is 2. The lowest BCUT2D eigenvalue weighted by atomic mass is 10.1. The predicted octanol–water partition coefficient (Wildman–Crippen LogP) is 3.23. The number of nitrogens with zero attached hydrogens (tertiary/aromatic N) is 2. The van der Waals surface area contributed by atoms with Crippen molar-refractivity contribution >= 4 is 15.9 Å². The van der Waals surface area contributed by atoms with Crippen LogP contribution in [0.1, 0.15) is 30.8 Å². The second-order valence-corrected chi connectivity index (χ2v) is 5.57. The molecule has 2 N–H and O–H groups in total. The molecule has 1 heterocycles. The predicted molar refractivity (Wildman–Crippen MR) is 80.2 cm³/mol. The fraction of sp³-hybridized carbons (Fsp3) is 0.429. The Bertz CT molecular complexity index is 551. The minimum atomic E-state index is -0.368. The first-order chi connectivity index (χ1) is 9.60. The van der Waals surface area contributed by atoms with Crippen LogP contribution in [0.15, 0.2) is 27.2 Å². The number of hydrogen-bond donors (Lipinski definition) is 1. The van der Waals surface area contributed by atoms with Crippen LogP contribution in [0, 0.1) is 6.92 Å². The normalized spacial score (nSPS) is 12.6. The summed E-state index contributed by atoms with van der Waals surface area (Å²) < 4.78 is 11.6. The second-order valence-electron chi connectivity index (χ2n) is 4.66. The topological polar surface area (TPSA) is 74.2 Å². The van der Waals surface area contributed by atoms with Crippen LogP contribution in [0.4, 0.5) is 0 Å². The third-order valence-electron chi connectivity index (χ3n) is 2.71. The quantitative estimate of drug-likeness (QED) is 0.817. The van der Waals surface area contributed by atoms with Crippen molar-refractivity contribution in [2.24, 2.45) is 5.73 Å². The number of hydrogen-bond acceptors (Lipinski definition) is 5. The standard InChI is InChI=1S/C14H18BrN3O2/c1-3-4-19-8-12(16)13-17-14(20-18-13)10-5-9(2)6-11(15)7-10/h5-7,12H,3-4,8,16H2,1-2H3. The molecule has 1 unspecified atom stereocenters. The summed E-state index contributed by atoms with van der Waals surface area (Å²) in [5.74, 6) is 0.934. The van der Waals surface area contributed by atoms with Gasteiger partial charge in [0.05, 0.1) is 12.6 Å². The van der Waals surface area contributed by atoms with Crippen molar-refractivity contribution in [2.45, 2.75) is 26.3 Å². The summed E-state index contributed by atoms with van der Waals surface area (Å²) in [6, 6.07) is 5.57. The van der Waals surface area contributed by atoms with E-state index in [0.29, 0.717) is 24.9 Å². The first-order valence-electron chi connectivity index (χ1n) is 6.54. The molecule has 2 rings (SSSR count). The van der Waals surface area contributed by atoms with Crippen LogP contribution < -0.4 is 5.73 Å². The van der Waals surface area contributed by atoms with E-state index in [-0.39, 0.29) is 6.04 Å². The highest BCUT2D eigenvalue weighted by atomic mass is 79.9. The summed E-state index contributed by atoms with van der Waals surface area (Å²) in [7, 11) is 0. The van der Waals surface area contributed by atoms with Crippen LogP contribution in [0.25, 0.3) is 11.5 Å². The zero-order valence-electron chi connectivity index (χ0n) is 11.6. The van der Waals surface area contributed by atoms with Crippen LogP contribution in [0.2, 0.25) is 0 Å². The number of nitrogens with two attached hydrogens (primary N) is 1. The fourth-order valence-electron chi connectivity index (χ4n) is 1.79. The molecular formula is C14H18BrN3O2. The van der Waals surface area contributed by atoms with Crippen LogP contribution in [0.3, 0.4) is 0 Å². The molecule has 2 aromatic rings. The van der Waals surface area contributed by atoms with Gasteiger partial charge in [0, 0.05) is 16.6 Å². The molecule has 0 radical (unpaired) electrons. The molecule has 0 saturated heterocycles. The lowest BCUT2D eigenvalue weighted by molar-refractivity contribution is 0.119. The molecular weight excluding hydrogens is 322 g/mol. The largest absolute Gasteiger partial charge is 0.379 e. The maximum atomic E-state index is 5.97. The molecule has 5 nitrogen and oxygen atoms in total. The minimum Gasteiger partial charge on any atom is -0.379 e. The Balaban J connectivity index is 2.11. The summed E-state index contributed by atoms with van der Waals surface area (Å²) >= 11 is 3.45. The summed E-state index contributed by atoms with van der Waals surface area (Å²) in [5.41, 5.74) is 7.96. The minimum absolute atomic E-state index is 0.368. The molecule has 0 amide bonds. The fourth-order valence-corrected chi connectivity index (χ4v) is 2.40. The molecule has 20 heavy (non-hydrogen) atoms. The SMILES string of the molecule is CCCOCC(N)c1noc(-c2cc(C)cc(Br)c2)n1. The van der Waals surface area contributed by atoms with E-state index in [2.05, 4.69) is 26.1 Å². The average molecular weight is 340 g/mol. The molecule has 0 aliphatic heterocycles. The average Bonchev–Trinajstić information content (AvgIpc) is 2.87. The molecule has 6 heteroatoms. The molecule has 1 aromatic carbocycles. The summed E-state index contributed by atoms with van der Waals surface area (Å²) in [6.45, 7) is 5.14. The maximum Gasteiger partial charge on any atom is 0.258 e. The van der Waals surface area contributed by atoms with Crippen LogP contribution in [0.5, 0.6) is 0 Å². The van der Waals surface area contributed by atoms with Crippen LogP contribution >= 0.6 is 15.9 Å². The van der Waals surface area contributed by atoms with Crippen molar-refractivity contribution < 1.29 is 9.26 Å². The van der Waals surface area contributed by atoms with E-state index in [1.165, 1.54) is 0 Å². The maximum absolute atomic E-state index is 5.97. The van der Waals surface area contributed by atoms with Crippen molar-refractivity contribution in [1.29, 1.82) is 0 Å². The number of halogens is 1. The molecule has 0 saturated carbocycles. The van der Waals surface area contributed by atoms with Crippen molar-refractivity contribution in [3.8, 4) is 11.5 Å². The van der Waals surface area contributed by atoms with Crippen molar-refractivity contribution in [2.75, 3.05) is 13.2 Å². The van der Waals surface area contributed by atoms with Gasteiger partial charge in [0.1, 0.15) is 0 Å². The van der Waals surface area contributed by atoms with Gasteiger partial charge in [0.2, 0.25) is 0 Å². The van der Waals surface area contributed by atoms with Crippen molar-refractivity contribution in [1.82, 2.24) is 10.1 Å². The van der Waals surface area contributed by atoms with Gasteiger partial charge < -0.3 is 15.0 Å². The molecule has 1 aromatic heterocycles. The third-order valence-corrected chi connectivity index (χ3v) is 3.17. The van der Waals surface area contributed by atoms with Crippen LogP contribution in [-0.2, 0) is 4.74 Å². The first kappa shape index (κ1) is 15.2. The molecule has 0 aliphatic carbocycles. The summed E-state index contributed by atoms with van der Waals surface area (Å²) in [6.07, 6.45) is 0.960. The van der Waals surface area contributed by atoms with Gasteiger partial charge in [-0.05, 0) is 37.1 Å². The van der Waals surface area contributed by atoms with Crippen molar-refractivity contribution in [3.63, 3.8) is 0 Å². The molecule has 1 atom stereocenters. The highest BCUT2D eigenvalue weighted by Gasteiger charge is 2.15. The smallest absolute Gasteiger partial charge is 0.258 e. The first-order valence-corrected chi connectivity index (χ1v) is 7.34. The number of benzene rings is 1. The summed E-state index contributed by atoms with van der Waals surface area (Å²) in [4.78, 5) is 4.34. The van der Waals surface area contributed by atoms with E-state index in [9.17, 15) is 0 Å². The lowest BCUT2D eigenvalue weighted by Crippen LogP contribution is -2.18. The Labute approximate surface area is 126 Å². The zero-order valence-corrected chi connectivity index (χ0v) is 13.2. The van der Waals surface area contributed by atoms with Crippen LogP contribution in [-0.4, -0.2) is 23.4 Å². The summed E-state index contributed by atoms with van der Waals surface area (Å²) in [5, 5.41) is 3.92. The van der Waals surface area contributed by atoms with E-state index in [1.54, 1.807) is 0 Å². The number of ether oxygens (including phenoxy) is 1. The molecule has 0 aliphatic rings. The number of rotatable bonds is 6. The van der Waals surface area contributed by atoms with E-state index in [1.807, 2.05) is 32.0 Å². The highest BCUT2D eigenvalue weighted by molar-refractivity contribution is 9.10. The zero-order chi connectivity index (χ0) is 14.5. The Morgan fingerprint density at radius 3 is 2.90 bits per heavy atom. The Hall–Kier alpha value is -1.24. The van der Waals surface area contributed by atoms with Gasteiger partial charge in [0.25, 0.3) is 5.89 Å². The highest BCUT2D eigenvalue weighted by Crippen LogP contribution is 2.24. The third kappa shape index (κ3) is 3.88. The van der Waals surface area contributed by atoms with Gasteiger partial charge in [-0.25, -0.2) is 0 Å². The Kier molecular flexibility index (Phi) is 5.28. The molecule has 108 valence electrons. The lowest BCUT2D eigenvalue weighted by Gasteiger charge is -2.06. The van der Waals surface area contributed by atoms with E-state index >= 15 is 0 Å². The van der Waals surface area contributed by atoms with Gasteiger partial charge >= 0.3 is 0 Å². The molecule has 0 fully saturated rings. The molecule has 0 bridgehead atoms. The van der Waals surface area contributed by atoms with Gasteiger partial charge in [0.15, 0.2) is 5.82 Å². The van der Waals surface area contributed by atoms with Gasteiger partial charge in [-0.3, -0.25) is 0 Å². The van der Waals surface area contributed by atoms with E-state index < -0.39 is 0 Å². The van der Waals surface area contributed by atoms with Gasteiger partial charge in [-0.2, -0.15) is 4.98 Å². The molecule has 0 spiro atoms. The Morgan fingerprint density at radius 1 is 1.40 bits per heavy atom. The van der Waals surface area contributed by atoms with E-state index in [0.717, 1.165) is 22.0 Å². The van der Waals surface area contributed by atoms with E-state index in [4.69, 9.17) is 15.0 Å². The number of aryl methyl sites for hydroxylation is 1. The van der Waals surface area contributed by atoms with Gasteiger partial charge in [-0.1, -0.05) is 28.0 Å². The second kappa shape index (κ2) is 6.97.